The molecule has 1 aromatic carbocycles. The number of nitrogens with one attached hydrogen (secondary N) is 1. The van der Waals surface area contributed by atoms with Crippen LogP contribution >= 0.6 is 0 Å². The highest BCUT2D eigenvalue weighted by Crippen LogP contribution is 2.20. The van der Waals surface area contributed by atoms with Crippen LogP contribution in [-0.2, 0) is 11.2 Å². The number of aromatic amines is 1. The van der Waals surface area contributed by atoms with Gasteiger partial charge in [-0.25, -0.2) is 0 Å². The van der Waals surface area contributed by atoms with E-state index in [1.807, 2.05) is 23.2 Å². The molecule has 1 fully saturated rings. The van der Waals surface area contributed by atoms with Crippen molar-refractivity contribution in [1.82, 2.24) is 15.1 Å². The summed E-state index contributed by atoms with van der Waals surface area (Å²) in [4.78, 5) is 13.6. The first kappa shape index (κ1) is 12.2. The van der Waals surface area contributed by atoms with Crippen molar-refractivity contribution in [3.8, 4) is 0 Å². The number of aromatic nitrogens is 2. The van der Waals surface area contributed by atoms with E-state index in [0.29, 0.717) is 19.5 Å². The molecule has 0 bridgehead atoms. The maximum absolute atomic E-state index is 11.8. The molecule has 1 atom stereocenters. The molecule has 0 spiro atoms. The molecule has 5 heteroatoms. The number of amides is 1. The van der Waals surface area contributed by atoms with Crippen LogP contribution in [0.15, 0.2) is 24.4 Å². The van der Waals surface area contributed by atoms with Gasteiger partial charge in [0.05, 0.1) is 11.7 Å². The molecular formula is C14H17N3O2. The molecule has 2 heterocycles. The molecule has 1 saturated heterocycles. The van der Waals surface area contributed by atoms with Gasteiger partial charge in [0, 0.05) is 37.4 Å². The Morgan fingerprint density at radius 3 is 3.16 bits per heavy atom. The zero-order chi connectivity index (χ0) is 13.2. The molecular weight excluding hydrogens is 242 g/mol. The van der Waals surface area contributed by atoms with Crippen molar-refractivity contribution in [2.24, 2.45) is 5.92 Å². The van der Waals surface area contributed by atoms with Crippen molar-refractivity contribution in [2.45, 2.75) is 12.8 Å². The fourth-order valence-corrected chi connectivity index (χ4v) is 2.70. The number of H-pyrrole nitrogens is 1. The number of fused-ring (bicyclic) bond motifs is 1. The normalized spacial score (nSPS) is 19.5. The second-order valence-electron chi connectivity index (χ2n) is 5.09. The second kappa shape index (κ2) is 5.01. The molecule has 2 N–H and O–H groups in total. The van der Waals surface area contributed by atoms with Gasteiger partial charge in [-0.05, 0) is 18.1 Å². The van der Waals surface area contributed by atoms with E-state index < -0.39 is 0 Å². The minimum atomic E-state index is 0.0968. The number of carbonyl (C=O) groups is 1. The Labute approximate surface area is 111 Å². The van der Waals surface area contributed by atoms with Crippen molar-refractivity contribution in [3.63, 3.8) is 0 Å². The van der Waals surface area contributed by atoms with Crippen LogP contribution in [0.5, 0.6) is 0 Å². The maximum Gasteiger partial charge on any atom is 0.223 e. The van der Waals surface area contributed by atoms with E-state index in [2.05, 4.69) is 16.3 Å². The summed E-state index contributed by atoms with van der Waals surface area (Å²) in [6.45, 7) is 1.48. The smallest absolute Gasteiger partial charge is 0.223 e. The first-order valence-corrected chi connectivity index (χ1v) is 6.57. The SMILES string of the molecule is O=C1CC(CO)CN1CCc1cccc2[nH]ncc12. The molecule has 1 unspecified atom stereocenters. The molecule has 0 saturated carbocycles. The van der Waals surface area contributed by atoms with E-state index in [1.165, 1.54) is 5.56 Å². The molecule has 0 radical (unpaired) electrons. The number of carbonyl (C=O) groups excluding carboxylic acids is 1. The number of aliphatic hydroxyl groups excluding tert-OH is 1. The minimum Gasteiger partial charge on any atom is -0.396 e. The summed E-state index contributed by atoms with van der Waals surface area (Å²) in [5.74, 6) is 0.260. The Hall–Kier alpha value is -1.88. The number of rotatable bonds is 4. The molecule has 3 rings (SSSR count). The minimum absolute atomic E-state index is 0.0968. The molecule has 2 aromatic rings. The van der Waals surface area contributed by atoms with Gasteiger partial charge in [-0.3, -0.25) is 9.89 Å². The molecule has 0 aliphatic carbocycles. The van der Waals surface area contributed by atoms with Gasteiger partial charge in [0.25, 0.3) is 0 Å². The standard InChI is InChI=1S/C14H17N3O2/c18-9-10-6-14(19)17(8-10)5-4-11-2-1-3-13-12(11)7-15-16-13/h1-3,7,10,18H,4-6,8-9H2,(H,15,16). The largest absolute Gasteiger partial charge is 0.396 e. The Morgan fingerprint density at radius 1 is 1.47 bits per heavy atom. The maximum atomic E-state index is 11.8. The van der Waals surface area contributed by atoms with Crippen LogP contribution in [0.1, 0.15) is 12.0 Å². The molecule has 100 valence electrons. The van der Waals surface area contributed by atoms with Gasteiger partial charge in [0.1, 0.15) is 0 Å². The summed E-state index contributed by atoms with van der Waals surface area (Å²) >= 11 is 0. The van der Waals surface area contributed by atoms with Crippen molar-refractivity contribution in [2.75, 3.05) is 19.7 Å². The van der Waals surface area contributed by atoms with Crippen LogP contribution < -0.4 is 0 Å². The Bertz CT molecular complexity index is 593. The number of aliphatic hydroxyl groups is 1. The quantitative estimate of drug-likeness (QED) is 0.858. The zero-order valence-electron chi connectivity index (χ0n) is 10.7. The number of benzene rings is 1. The van der Waals surface area contributed by atoms with E-state index in [-0.39, 0.29) is 18.4 Å². The van der Waals surface area contributed by atoms with Gasteiger partial charge in [-0.2, -0.15) is 5.10 Å². The predicted molar refractivity (Wildman–Crippen MR) is 71.6 cm³/mol. The summed E-state index contributed by atoms with van der Waals surface area (Å²) in [6, 6.07) is 6.06. The van der Waals surface area contributed by atoms with Gasteiger partial charge in [-0.15, -0.1) is 0 Å². The third-order valence-electron chi connectivity index (χ3n) is 3.78. The molecule has 1 aliphatic heterocycles. The van der Waals surface area contributed by atoms with Crippen molar-refractivity contribution in [3.05, 3.63) is 30.0 Å². The highest BCUT2D eigenvalue weighted by Gasteiger charge is 2.28. The van der Waals surface area contributed by atoms with Crippen LogP contribution in [-0.4, -0.2) is 45.8 Å². The summed E-state index contributed by atoms with van der Waals surface area (Å²) < 4.78 is 0. The third-order valence-corrected chi connectivity index (χ3v) is 3.78. The first-order chi connectivity index (χ1) is 9.28. The van der Waals surface area contributed by atoms with Gasteiger partial charge in [0.15, 0.2) is 0 Å². The lowest BCUT2D eigenvalue weighted by Crippen LogP contribution is -2.27. The Kier molecular flexibility index (Phi) is 3.21. The number of hydrogen-bond acceptors (Lipinski definition) is 3. The van der Waals surface area contributed by atoms with Crippen LogP contribution in [0.4, 0.5) is 0 Å². The Morgan fingerprint density at radius 2 is 2.37 bits per heavy atom. The summed E-state index contributed by atoms with van der Waals surface area (Å²) in [5, 5.41) is 17.2. The van der Waals surface area contributed by atoms with Gasteiger partial charge < -0.3 is 10.0 Å². The van der Waals surface area contributed by atoms with Crippen LogP contribution in [0.3, 0.4) is 0 Å². The molecule has 1 aliphatic rings. The number of nitrogens with zero attached hydrogens (tertiary/aromatic N) is 2. The fraction of sp³-hybridized carbons (Fsp3) is 0.429. The van der Waals surface area contributed by atoms with Crippen LogP contribution in [0, 0.1) is 5.92 Å². The molecule has 19 heavy (non-hydrogen) atoms. The summed E-state index contributed by atoms with van der Waals surface area (Å²) in [7, 11) is 0. The third kappa shape index (κ3) is 2.33. The van der Waals surface area contributed by atoms with Gasteiger partial charge >= 0.3 is 0 Å². The molecule has 1 aromatic heterocycles. The van der Waals surface area contributed by atoms with E-state index in [0.717, 1.165) is 17.3 Å². The highest BCUT2D eigenvalue weighted by molar-refractivity contribution is 5.82. The molecule has 5 nitrogen and oxygen atoms in total. The lowest BCUT2D eigenvalue weighted by molar-refractivity contribution is -0.127. The van der Waals surface area contributed by atoms with Gasteiger partial charge in [-0.1, -0.05) is 12.1 Å². The lowest BCUT2D eigenvalue weighted by atomic mass is 10.1. The molecule has 1 amide bonds. The monoisotopic (exact) mass is 259 g/mol. The number of hydrogen-bond donors (Lipinski definition) is 2. The summed E-state index contributed by atoms with van der Waals surface area (Å²) in [6.07, 6.45) is 3.13. The van der Waals surface area contributed by atoms with Crippen molar-refractivity contribution < 1.29 is 9.90 Å². The van der Waals surface area contributed by atoms with E-state index in [4.69, 9.17) is 5.11 Å². The van der Waals surface area contributed by atoms with E-state index in [9.17, 15) is 4.79 Å². The second-order valence-corrected chi connectivity index (χ2v) is 5.09. The van der Waals surface area contributed by atoms with Crippen LogP contribution in [0.25, 0.3) is 10.9 Å². The van der Waals surface area contributed by atoms with Crippen molar-refractivity contribution >= 4 is 16.8 Å². The van der Waals surface area contributed by atoms with E-state index >= 15 is 0 Å². The highest BCUT2D eigenvalue weighted by atomic mass is 16.3. The lowest BCUT2D eigenvalue weighted by Gasteiger charge is -2.16. The zero-order valence-corrected chi connectivity index (χ0v) is 10.7. The van der Waals surface area contributed by atoms with E-state index in [1.54, 1.807) is 0 Å². The van der Waals surface area contributed by atoms with Crippen molar-refractivity contribution in [1.29, 1.82) is 0 Å². The predicted octanol–water partition coefficient (Wildman–Crippen LogP) is 0.946. The fourth-order valence-electron chi connectivity index (χ4n) is 2.70. The topological polar surface area (TPSA) is 69.2 Å². The average molecular weight is 259 g/mol. The van der Waals surface area contributed by atoms with Gasteiger partial charge in [0.2, 0.25) is 5.91 Å². The Balaban J connectivity index is 1.69. The summed E-state index contributed by atoms with van der Waals surface area (Å²) in [5.41, 5.74) is 2.23. The first-order valence-electron chi connectivity index (χ1n) is 6.57. The van der Waals surface area contributed by atoms with Crippen LogP contribution in [0.2, 0.25) is 0 Å². The average Bonchev–Trinajstić information content (AvgIpc) is 3.02. The number of likely N-dealkylation sites (tertiary alicyclic amines) is 1.